The Kier molecular flexibility index (Phi) is 5.44. The summed E-state index contributed by atoms with van der Waals surface area (Å²) >= 11 is 0. The number of aliphatic hydroxyl groups is 1. The van der Waals surface area contributed by atoms with Crippen LogP contribution in [0.25, 0.3) is 0 Å². The number of fused-ring (bicyclic) bond motifs is 1. The molecule has 0 saturated heterocycles. The van der Waals surface area contributed by atoms with Gasteiger partial charge in [-0.05, 0) is 31.9 Å². The van der Waals surface area contributed by atoms with Gasteiger partial charge in [-0.1, -0.05) is 0 Å². The molecule has 11 heteroatoms. The molecule has 0 saturated carbocycles. The van der Waals surface area contributed by atoms with Gasteiger partial charge in [0.15, 0.2) is 5.82 Å². The summed E-state index contributed by atoms with van der Waals surface area (Å²) in [5.41, 5.74) is -1.03. The molecule has 2 aromatic rings. The third-order valence-corrected chi connectivity index (χ3v) is 6.34. The molecule has 0 radical (unpaired) electrons. The molecule has 1 aromatic carbocycles. The fraction of sp³-hybridized carbons (Fsp3) is 0.333. The molecule has 0 aliphatic carbocycles. The predicted molar refractivity (Wildman–Crippen MR) is 98.6 cm³/mol. The van der Waals surface area contributed by atoms with Crippen molar-refractivity contribution >= 4 is 21.6 Å². The summed E-state index contributed by atoms with van der Waals surface area (Å²) in [7, 11) is -2.52. The Morgan fingerprint density at radius 3 is 2.76 bits per heavy atom. The third-order valence-electron chi connectivity index (χ3n) is 4.80. The van der Waals surface area contributed by atoms with Gasteiger partial charge >= 0.3 is 0 Å². The molecule has 8 nitrogen and oxygen atoms in total. The number of carbonyl (C=O) groups excluding carboxylic acids is 1. The summed E-state index contributed by atoms with van der Waals surface area (Å²) in [4.78, 5) is 12.7. The summed E-state index contributed by atoms with van der Waals surface area (Å²) in [5.74, 6) is -3.09. The van der Waals surface area contributed by atoms with Crippen LogP contribution < -0.4 is 10.0 Å². The Morgan fingerprint density at radius 2 is 2.14 bits per heavy atom. The van der Waals surface area contributed by atoms with Crippen molar-refractivity contribution < 1.29 is 27.1 Å². The molecule has 3 N–H and O–H groups in total. The van der Waals surface area contributed by atoms with Gasteiger partial charge < -0.3 is 15.0 Å². The summed E-state index contributed by atoms with van der Waals surface area (Å²) < 4.78 is 56.7. The van der Waals surface area contributed by atoms with Crippen molar-refractivity contribution in [2.45, 2.75) is 36.8 Å². The molecule has 0 spiro atoms. The zero-order valence-electron chi connectivity index (χ0n) is 15.5. The number of anilines is 1. The van der Waals surface area contributed by atoms with E-state index in [1.807, 2.05) is 0 Å². The van der Waals surface area contributed by atoms with E-state index >= 15 is 0 Å². The number of sulfonamides is 1. The van der Waals surface area contributed by atoms with Crippen molar-refractivity contribution in [1.82, 2.24) is 9.29 Å². The standard InChI is InChI=1S/C18H18F2N4O4S/c1-9(25)13-5-3-10-15(29(27,28)23-13)8-24(2)17(10)18(26)22-14-6-4-12(19)11(7-21)16(14)20/h4,6,8-9,13,23,25H,3,5H2,1-2H3,(H,22,26)/t9-,13?/m0/s1. The van der Waals surface area contributed by atoms with E-state index in [0.717, 1.165) is 12.1 Å². The van der Waals surface area contributed by atoms with Crippen LogP contribution in [-0.2, 0) is 23.5 Å². The van der Waals surface area contributed by atoms with Crippen LogP contribution in [0.1, 0.15) is 35.0 Å². The van der Waals surface area contributed by atoms with Crippen LogP contribution in [0, 0.1) is 23.0 Å². The molecule has 1 unspecified atom stereocenters. The van der Waals surface area contributed by atoms with Gasteiger partial charge in [-0.2, -0.15) is 5.26 Å². The molecule has 1 aliphatic heterocycles. The first-order valence-electron chi connectivity index (χ1n) is 8.65. The van der Waals surface area contributed by atoms with Gasteiger partial charge in [-0.15, -0.1) is 0 Å². The Hall–Kier alpha value is -2.81. The second kappa shape index (κ2) is 7.55. The fourth-order valence-electron chi connectivity index (χ4n) is 3.31. The second-order valence-electron chi connectivity index (χ2n) is 6.79. The minimum atomic E-state index is -3.98. The molecule has 154 valence electrons. The van der Waals surface area contributed by atoms with Gasteiger partial charge in [0.25, 0.3) is 5.91 Å². The number of nitrogens with one attached hydrogen (secondary N) is 2. The topological polar surface area (TPSA) is 124 Å². The lowest BCUT2D eigenvalue weighted by Gasteiger charge is -2.18. The van der Waals surface area contributed by atoms with E-state index in [0.29, 0.717) is 0 Å². The maximum absolute atomic E-state index is 14.3. The lowest BCUT2D eigenvalue weighted by atomic mass is 10.0. The second-order valence-corrected chi connectivity index (χ2v) is 8.47. The first-order chi connectivity index (χ1) is 13.6. The molecular formula is C18H18F2N4O4S. The van der Waals surface area contributed by atoms with Gasteiger partial charge in [0.2, 0.25) is 10.0 Å². The number of nitriles is 1. The van der Waals surface area contributed by atoms with Gasteiger partial charge in [0.05, 0.1) is 11.8 Å². The Labute approximate surface area is 165 Å². The van der Waals surface area contributed by atoms with Crippen LogP contribution >= 0.6 is 0 Å². The van der Waals surface area contributed by atoms with Crippen LogP contribution in [0.5, 0.6) is 0 Å². The average Bonchev–Trinajstić information content (AvgIpc) is 2.92. The van der Waals surface area contributed by atoms with Crippen LogP contribution in [0.15, 0.2) is 23.2 Å². The highest BCUT2D eigenvalue weighted by molar-refractivity contribution is 7.89. The zero-order valence-corrected chi connectivity index (χ0v) is 16.3. The number of rotatable bonds is 3. The number of aromatic nitrogens is 1. The van der Waals surface area contributed by atoms with E-state index in [1.165, 1.54) is 30.8 Å². The lowest BCUT2D eigenvalue weighted by molar-refractivity contribution is 0.101. The maximum atomic E-state index is 14.3. The molecule has 0 bridgehead atoms. The van der Waals surface area contributed by atoms with E-state index in [4.69, 9.17) is 5.26 Å². The van der Waals surface area contributed by atoms with Crippen molar-refractivity contribution in [3.63, 3.8) is 0 Å². The molecule has 2 atom stereocenters. The number of amides is 1. The van der Waals surface area contributed by atoms with Gasteiger partial charge in [0, 0.05) is 24.8 Å². The number of hydrogen-bond donors (Lipinski definition) is 3. The van der Waals surface area contributed by atoms with E-state index < -0.39 is 51.0 Å². The van der Waals surface area contributed by atoms with Crippen LogP contribution in [-0.4, -0.2) is 36.1 Å². The number of hydrogen-bond acceptors (Lipinski definition) is 5. The summed E-state index contributed by atoms with van der Waals surface area (Å²) in [6.07, 6.45) is 0.754. The Morgan fingerprint density at radius 1 is 1.45 bits per heavy atom. The zero-order chi connectivity index (χ0) is 21.5. The highest BCUT2D eigenvalue weighted by Crippen LogP contribution is 2.29. The highest BCUT2D eigenvalue weighted by atomic mass is 32.2. The number of nitrogens with zero attached hydrogens (tertiary/aromatic N) is 2. The summed E-state index contributed by atoms with van der Waals surface area (Å²) in [6.45, 7) is 1.46. The average molecular weight is 424 g/mol. The molecule has 2 heterocycles. The number of halogens is 2. The highest BCUT2D eigenvalue weighted by Gasteiger charge is 2.34. The monoisotopic (exact) mass is 424 g/mol. The molecule has 1 aromatic heterocycles. The number of aliphatic hydroxyl groups excluding tert-OH is 1. The SMILES string of the molecule is C[C@H](O)C1CCc2c(cn(C)c2C(=O)Nc2ccc(F)c(C#N)c2F)S(=O)(=O)N1. The molecule has 0 fully saturated rings. The van der Waals surface area contributed by atoms with E-state index in [9.17, 15) is 27.1 Å². The van der Waals surface area contributed by atoms with Crippen LogP contribution in [0.3, 0.4) is 0 Å². The van der Waals surface area contributed by atoms with Crippen molar-refractivity contribution in [1.29, 1.82) is 5.26 Å². The summed E-state index contributed by atoms with van der Waals surface area (Å²) in [6, 6.07) is 2.50. The summed E-state index contributed by atoms with van der Waals surface area (Å²) in [5, 5.41) is 20.9. The van der Waals surface area contributed by atoms with Gasteiger partial charge in [0.1, 0.15) is 28.0 Å². The lowest BCUT2D eigenvalue weighted by Crippen LogP contribution is -2.40. The van der Waals surface area contributed by atoms with Crippen molar-refractivity contribution in [3.05, 3.63) is 46.8 Å². The van der Waals surface area contributed by atoms with E-state index in [-0.39, 0.29) is 29.0 Å². The maximum Gasteiger partial charge on any atom is 0.272 e. The predicted octanol–water partition coefficient (Wildman–Crippen LogP) is 1.40. The Balaban J connectivity index is 2.01. The van der Waals surface area contributed by atoms with E-state index in [1.54, 1.807) is 0 Å². The fourth-order valence-corrected chi connectivity index (χ4v) is 4.97. The van der Waals surface area contributed by atoms with Crippen LogP contribution in [0.2, 0.25) is 0 Å². The largest absolute Gasteiger partial charge is 0.392 e. The van der Waals surface area contributed by atoms with Crippen molar-refractivity contribution in [2.75, 3.05) is 5.32 Å². The smallest absolute Gasteiger partial charge is 0.272 e. The minimum Gasteiger partial charge on any atom is -0.392 e. The molecule has 1 amide bonds. The van der Waals surface area contributed by atoms with Crippen molar-refractivity contribution in [2.24, 2.45) is 7.05 Å². The van der Waals surface area contributed by atoms with E-state index in [2.05, 4.69) is 10.0 Å². The molecule has 1 aliphatic rings. The Bertz CT molecular complexity index is 1140. The minimum absolute atomic E-state index is 0.0150. The third kappa shape index (κ3) is 3.74. The molecular weight excluding hydrogens is 406 g/mol. The van der Waals surface area contributed by atoms with Gasteiger partial charge in [-0.3, -0.25) is 4.79 Å². The number of benzene rings is 1. The quantitative estimate of drug-likeness (QED) is 0.687. The van der Waals surface area contributed by atoms with Crippen molar-refractivity contribution in [3.8, 4) is 6.07 Å². The number of aryl methyl sites for hydroxylation is 1. The first-order valence-corrected chi connectivity index (χ1v) is 10.1. The molecule has 3 rings (SSSR count). The normalized spacial score (nSPS) is 19.0. The van der Waals surface area contributed by atoms with Gasteiger partial charge in [-0.25, -0.2) is 21.9 Å². The first kappa shape index (κ1) is 20.9. The molecule has 29 heavy (non-hydrogen) atoms. The van der Waals surface area contributed by atoms with Crippen LogP contribution in [0.4, 0.5) is 14.5 Å². The number of carbonyl (C=O) groups is 1.